The summed E-state index contributed by atoms with van der Waals surface area (Å²) in [7, 11) is 0. The molecule has 0 aromatic heterocycles. The monoisotopic (exact) mass is 393 g/mol. The molecule has 1 heterocycles. The summed E-state index contributed by atoms with van der Waals surface area (Å²) in [4.78, 5) is 27.7. The van der Waals surface area contributed by atoms with Crippen LogP contribution in [0.4, 0.5) is 4.79 Å². The lowest BCUT2D eigenvalue weighted by atomic mass is 9.88. The second-order valence-corrected chi connectivity index (χ2v) is 8.10. The van der Waals surface area contributed by atoms with Gasteiger partial charge in [0.1, 0.15) is 0 Å². The first-order valence-corrected chi connectivity index (χ1v) is 10.4. The van der Waals surface area contributed by atoms with Gasteiger partial charge in [-0.15, -0.1) is 0 Å². The van der Waals surface area contributed by atoms with E-state index in [-0.39, 0.29) is 36.0 Å². The Morgan fingerprint density at radius 2 is 1.52 bits per heavy atom. The zero-order valence-corrected chi connectivity index (χ0v) is 17.5. The highest BCUT2D eigenvalue weighted by Gasteiger charge is 2.36. The smallest absolute Gasteiger partial charge is 0.318 e. The minimum atomic E-state index is -0.209. The molecule has 1 aliphatic rings. The predicted molar refractivity (Wildman–Crippen MR) is 115 cm³/mol. The molecule has 0 spiro atoms. The number of urea groups is 1. The van der Waals surface area contributed by atoms with E-state index < -0.39 is 0 Å². The van der Waals surface area contributed by atoms with E-state index in [1.807, 2.05) is 74.2 Å². The fraction of sp³-hybridized carbons (Fsp3) is 0.417. The second kappa shape index (κ2) is 9.59. The van der Waals surface area contributed by atoms with Crippen molar-refractivity contribution in [2.24, 2.45) is 5.92 Å². The van der Waals surface area contributed by atoms with Gasteiger partial charge in [0.2, 0.25) is 5.91 Å². The maximum atomic E-state index is 12.9. The molecule has 1 fully saturated rings. The summed E-state index contributed by atoms with van der Waals surface area (Å²) >= 11 is 0. The molecule has 0 aliphatic carbocycles. The Kier molecular flexibility index (Phi) is 6.91. The van der Waals surface area contributed by atoms with Crippen LogP contribution >= 0.6 is 0 Å². The molecule has 3 rings (SSSR count). The molecule has 29 heavy (non-hydrogen) atoms. The van der Waals surface area contributed by atoms with E-state index >= 15 is 0 Å². The molecule has 2 N–H and O–H groups in total. The van der Waals surface area contributed by atoms with E-state index in [9.17, 15) is 9.59 Å². The molecule has 0 saturated carbocycles. The van der Waals surface area contributed by atoms with Gasteiger partial charge in [-0.05, 0) is 44.7 Å². The van der Waals surface area contributed by atoms with Crippen molar-refractivity contribution >= 4 is 11.9 Å². The molecule has 3 atom stereocenters. The number of likely N-dealkylation sites (tertiary alicyclic amines) is 1. The first-order valence-electron chi connectivity index (χ1n) is 10.4. The summed E-state index contributed by atoms with van der Waals surface area (Å²) in [6.07, 6.45) is 1.53. The fourth-order valence-electron chi connectivity index (χ4n) is 3.92. The molecule has 5 nitrogen and oxygen atoms in total. The molecule has 0 bridgehead atoms. The maximum Gasteiger partial charge on any atom is 0.318 e. The number of carbonyl (C=O) groups is 2. The average Bonchev–Trinajstić information content (AvgIpc) is 2.74. The van der Waals surface area contributed by atoms with E-state index in [0.29, 0.717) is 6.54 Å². The van der Waals surface area contributed by atoms with Crippen LogP contribution in [0.1, 0.15) is 56.8 Å². The average molecular weight is 394 g/mol. The lowest BCUT2D eigenvalue weighted by Gasteiger charge is -2.40. The molecule has 154 valence electrons. The van der Waals surface area contributed by atoms with Crippen molar-refractivity contribution in [2.45, 2.75) is 51.7 Å². The Bertz CT molecular complexity index is 807. The van der Waals surface area contributed by atoms with E-state index in [4.69, 9.17) is 0 Å². The second-order valence-electron chi connectivity index (χ2n) is 8.10. The van der Waals surface area contributed by atoms with Crippen molar-refractivity contribution in [3.63, 3.8) is 0 Å². The molecule has 2 aromatic rings. The molecular formula is C24H31N3O2. The Morgan fingerprint density at radius 3 is 2.14 bits per heavy atom. The molecule has 3 amide bonds. The van der Waals surface area contributed by atoms with Crippen LogP contribution < -0.4 is 10.6 Å². The topological polar surface area (TPSA) is 61.4 Å². The van der Waals surface area contributed by atoms with Gasteiger partial charge in [-0.2, -0.15) is 0 Å². The predicted octanol–water partition coefficient (Wildman–Crippen LogP) is 4.44. The van der Waals surface area contributed by atoms with Crippen molar-refractivity contribution < 1.29 is 9.59 Å². The number of hydrogen-bond donors (Lipinski definition) is 2. The zero-order valence-electron chi connectivity index (χ0n) is 17.5. The summed E-state index contributed by atoms with van der Waals surface area (Å²) in [5.41, 5.74) is 2.19. The van der Waals surface area contributed by atoms with Crippen molar-refractivity contribution in [3.8, 4) is 0 Å². The third-order valence-corrected chi connectivity index (χ3v) is 5.47. The van der Waals surface area contributed by atoms with Gasteiger partial charge in [-0.1, -0.05) is 60.7 Å². The highest BCUT2D eigenvalue weighted by molar-refractivity contribution is 5.81. The summed E-state index contributed by atoms with van der Waals surface area (Å²) in [5, 5.41) is 6.12. The first-order chi connectivity index (χ1) is 14.0. The summed E-state index contributed by atoms with van der Waals surface area (Å²) in [6.45, 7) is 6.31. The summed E-state index contributed by atoms with van der Waals surface area (Å²) < 4.78 is 0. The molecule has 1 saturated heterocycles. The first kappa shape index (κ1) is 20.9. The van der Waals surface area contributed by atoms with Crippen LogP contribution in [0.15, 0.2) is 60.7 Å². The lowest BCUT2D eigenvalue weighted by Crippen LogP contribution is -2.51. The van der Waals surface area contributed by atoms with Gasteiger partial charge in [-0.3, -0.25) is 4.79 Å². The number of benzene rings is 2. The highest BCUT2D eigenvalue weighted by atomic mass is 16.2. The van der Waals surface area contributed by atoms with Gasteiger partial charge in [0, 0.05) is 12.6 Å². The third-order valence-electron chi connectivity index (χ3n) is 5.47. The van der Waals surface area contributed by atoms with Crippen LogP contribution in [0, 0.1) is 5.92 Å². The maximum absolute atomic E-state index is 12.9. The van der Waals surface area contributed by atoms with Gasteiger partial charge >= 0.3 is 6.03 Å². The number of carbonyl (C=O) groups excluding carboxylic acids is 2. The van der Waals surface area contributed by atoms with E-state index in [1.54, 1.807) is 0 Å². The Hall–Kier alpha value is -2.82. The van der Waals surface area contributed by atoms with Crippen molar-refractivity contribution in [3.05, 3.63) is 71.8 Å². The third kappa shape index (κ3) is 5.37. The van der Waals surface area contributed by atoms with Crippen LogP contribution in [0.5, 0.6) is 0 Å². The van der Waals surface area contributed by atoms with E-state index in [2.05, 4.69) is 22.8 Å². The molecule has 2 aromatic carbocycles. The molecular weight excluding hydrogens is 362 g/mol. The molecule has 5 heteroatoms. The number of nitrogens with zero attached hydrogens (tertiary/aromatic N) is 1. The molecule has 3 unspecified atom stereocenters. The minimum Gasteiger partial charge on any atom is -0.349 e. The van der Waals surface area contributed by atoms with Gasteiger partial charge < -0.3 is 15.5 Å². The van der Waals surface area contributed by atoms with Gasteiger partial charge in [0.25, 0.3) is 0 Å². The lowest BCUT2D eigenvalue weighted by molar-refractivity contribution is -0.127. The number of nitrogens with one attached hydrogen (secondary N) is 2. The Labute approximate surface area is 173 Å². The normalized spacial score (nSPS) is 20.2. The number of amides is 3. The van der Waals surface area contributed by atoms with Crippen LogP contribution in [-0.4, -0.2) is 29.4 Å². The number of hydrogen-bond acceptors (Lipinski definition) is 2. The fourth-order valence-corrected chi connectivity index (χ4v) is 3.92. The van der Waals surface area contributed by atoms with Crippen LogP contribution in [0.3, 0.4) is 0 Å². The van der Waals surface area contributed by atoms with Gasteiger partial charge in [-0.25, -0.2) is 4.79 Å². The van der Waals surface area contributed by atoms with Crippen LogP contribution in [0.2, 0.25) is 0 Å². The van der Waals surface area contributed by atoms with E-state index in [1.165, 1.54) is 0 Å². The minimum absolute atomic E-state index is 0.00875. The van der Waals surface area contributed by atoms with Crippen molar-refractivity contribution in [2.75, 3.05) is 6.54 Å². The highest BCUT2D eigenvalue weighted by Crippen LogP contribution is 2.34. The van der Waals surface area contributed by atoms with E-state index in [0.717, 1.165) is 24.0 Å². The number of piperidine rings is 1. The quantitative estimate of drug-likeness (QED) is 0.789. The number of rotatable bonds is 5. The van der Waals surface area contributed by atoms with Crippen molar-refractivity contribution in [1.29, 1.82) is 0 Å². The SMILES string of the molecule is CC(C)NC(=O)N1CC(C(=O)NC(C)c2ccccc2)CCC1c1ccccc1. The standard InChI is InChI=1S/C24H31N3O2/c1-17(2)25-24(29)27-16-21(14-15-22(27)20-12-8-5-9-13-20)23(28)26-18(3)19-10-6-4-7-11-19/h4-13,17-18,21-22H,14-16H2,1-3H3,(H,25,29)(H,26,28). The summed E-state index contributed by atoms with van der Waals surface area (Å²) in [5.74, 6) is -0.200. The van der Waals surface area contributed by atoms with Crippen LogP contribution in [0.25, 0.3) is 0 Å². The van der Waals surface area contributed by atoms with Gasteiger partial charge in [0.15, 0.2) is 0 Å². The largest absolute Gasteiger partial charge is 0.349 e. The summed E-state index contributed by atoms with van der Waals surface area (Å²) in [6, 6.07) is 19.9. The van der Waals surface area contributed by atoms with Gasteiger partial charge in [0.05, 0.1) is 18.0 Å². The molecule has 1 aliphatic heterocycles. The van der Waals surface area contributed by atoms with Crippen LogP contribution in [-0.2, 0) is 4.79 Å². The zero-order chi connectivity index (χ0) is 20.8. The Morgan fingerprint density at radius 1 is 0.897 bits per heavy atom. The Balaban J connectivity index is 1.72. The van der Waals surface area contributed by atoms with Crippen molar-refractivity contribution in [1.82, 2.24) is 15.5 Å². The molecule has 0 radical (unpaired) electrons.